The van der Waals surface area contributed by atoms with Crippen molar-refractivity contribution in [1.29, 1.82) is 0 Å². The lowest BCUT2D eigenvalue weighted by Gasteiger charge is -2.17. The van der Waals surface area contributed by atoms with Crippen molar-refractivity contribution in [1.82, 2.24) is 5.32 Å². The van der Waals surface area contributed by atoms with E-state index < -0.39 is 0 Å². The largest absolute Gasteiger partial charge is 0.491 e. The van der Waals surface area contributed by atoms with Crippen molar-refractivity contribution >= 4 is 0 Å². The molecule has 0 spiro atoms. The Labute approximate surface area is 186 Å². The number of nitrogens with one attached hydrogen (secondary N) is 1. The van der Waals surface area contributed by atoms with Gasteiger partial charge in [-0.25, -0.2) is 0 Å². The van der Waals surface area contributed by atoms with Gasteiger partial charge in [-0.3, -0.25) is 0 Å². The van der Waals surface area contributed by atoms with E-state index in [9.17, 15) is 0 Å². The Morgan fingerprint density at radius 2 is 1.61 bits per heavy atom. The van der Waals surface area contributed by atoms with Gasteiger partial charge in [0.15, 0.2) is 0 Å². The molecule has 31 heavy (non-hydrogen) atoms. The van der Waals surface area contributed by atoms with Gasteiger partial charge in [0.1, 0.15) is 24.7 Å². The van der Waals surface area contributed by atoms with Gasteiger partial charge in [0.25, 0.3) is 0 Å². The van der Waals surface area contributed by atoms with Gasteiger partial charge in [0.2, 0.25) is 0 Å². The maximum Gasteiger partial charge on any atom is 0.127 e. The van der Waals surface area contributed by atoms with Gasteiger partial charge in [-0.15, -0.1) is 0 Å². The van der Waals surface area contributed by atoms with Gasteiger partial charge in [0, 0.05) is 31.4 Å². The second-order valence-corrected chi connectivity index (χ2v) is 8.43. The van der Waals surface area contributed by atoms with Crippen LogP contribution in [0.5, 0.6) is 11.5 Å². The highest BCUT2D eigenvalue weighted by Crippen LogP contribution is 2.27. The Kier molecular flexibility index (Phi) is 8.62. The molecular weight excluding hydrogens is 390 g/mol. The Hall–Kier alpha value is -2.08. The molecule has 5 nitrogen and oxygen atoms in total. The van der Waals surface area contributed by atoms with Crippen LogP contribution in [0.3, 0.4) is 0 Å². The summed E-state index contributed by atoms with van der Waals surface area (Å²) in [5, 5.41) is 3.56. The molecule has 2 aliphatic rings. The van der Waals surface area contributed by atoms with Crippen molar-refractivity contribution in [3.63, 3.8) is 0 Å². The number of ether oxygens (including phenoxy) is 4. The smallest absolute Gasteiger partial charge is 0.127 e. The highest BCUT2D eigenvalue weighted by Gasteiger charge is 2.18. The average Bonchev–Trinajstić information content (AvgIpc) is 3.52. The van der Waals surface area contributed by atoms with E-state index in [1.807, 2.05) is 12.1 Å². The summed E-state index contributed by atoms with van der Waals surface area (Å²) in [7, 11) is 0. The van der Waals surface area contributed by atoms with Crippen LogP contribution >= 0.6 is 0 Å². The van der Waals surface area contributed by atoms with Gasteiger partial charge in [-0.2, -0.15) is 0 Å². The first kappa shape index (κ1) is 22.1. The van der Waals surface area contributed by atoms with Crippen molar-refractivity contribution in [3.8, 4) is 11.5 Å². The molecule has 2 atom stereocenters. The minimum absolute atomic E-state index is 0.197. The molecule has 2 fully saturated rings. The maximum atomic E-state index is 6.18. The van der Waals surface area contributed by atoms with Crippen LogP contribution in [0.2, 0.25) is 0 Å². The van der Waals surface area contributed by atoms with Crippen molar-refractivity contribution < 1.29 is 18.9 Å². The lowest BCUT2D eigenvalue weighted by molar-refractivity contribution is 0.0652. The van der Waals surface area contributed by atoms with Crippen molar-refractivity contribution in [3.05, 3.63) is 59.7 Å². The molecule has 5 heteroatoms. The summed E-state index contributed by atoms with van der Waals surface area (Å²) >= 11 is 0. The summed E-state index contributed by atoms with van der Waals surface area (Å²) in [4.78, 5) is 0. The molecule has 0 radical (unpaired) electrons. The summed E-state index contributed by atoms with van der Waals surface area (Å²) in [6.07, 6.45) is 7.00. The van der Waals surface area contributed by atoms with E-state index in [0.717, 1.165) is 81.9 Å². The summed E-state index contributed by atoms with van der Waals surface area (Å²) in [6, 6.07) is 16.8. The van der Waals surface area contributed by atoms with E-state index in [2.05, 4.69) is 41.7 Å². The van der Waals surface area contributed by atoms with Crippen molar-refractivity contribution in [2.24, 2.45) is 0 Å². The fraction of sp³-hybridized carbons (Fsp3) is 0.538. The Morgan fingerprint density at radius 3 is 2.32 bits per heavy atom. The zero-order valence-corrected chi connectivity index (χ0v) is 18.4. The van der Waals surface area contributed by atoms with E-state index in [1.54, 1.807) is 0 Å². The molecule has 0 aromatic heterocycles. The Morgan fingerprint density at radius 1 is 0.871 bits per heavy atom. The fourth-order valence-electron chi connectivity index (χ4n) is 4.11. The molecule has 2 aromatic rings. The Balaban J connectivity index is 1.29. The molecular formula is C26H35NO4. The standard InChI is InChI=1S/C26H35NO4/c1-2-7-21(8-3-1)9-4-14-27-18-22-12-13-23(30-19-24-10-5-15-28-24)17-26(22)31-20-25-11-6-16-29-25/h1-3,7-8,12-13,17,24-25,27H,4-6,9-11,14-16,18-20H2. The van der Waals surface area contributed by atoms with E-state index in [4.69, 9.17) is 18.9 Å². The van der Waals surface area contributed by atoms with E-state index in [1.165, 1.54) is 5.56 Å². The second-order valence-electron chi connectivity index (χ2n) is 8.43. The molecule has 2 aromatic carbocycles. The zero-order valence-electron chi connectivity index (χ0n) is 18.4. The molecule has 2 unspecified atom stereocenters. The minimum Gasteiger partial charge on any atom is -0.491 e. The van der Waals surface area contributed by atoms with Gasteiger partial charge in [-0.1, -0.05) is 36.4 Å². The second kappa shape index (κ2) is 12.1. The highest BCUT2D eigenvalue weighted by atomic mass is 16.5. The number of benzene rings is 2. The van der Waals surface area contributed by atoms with Crippen molar-refractivity contribution in [2.75, 3.05) is 33.0 Å². The first-order valence-corrected chi connectivity index (χ1v) is 11.7. The molecule has 2 saturated heterocycles. The summed E-state index contributed by atoms with van der Waals surface area (Å²) in [5.74, 6) is 1.72. The third kappa shape index (κ3) is 7.23. The van der Waals surface area contributed by atoms with E-state index in [-0.39, 0.29) is 12.2 Å². The van der Waals surface area contributed by atoms with Crippen LogP contribution < -0.4 is 14.8 Å². The molecule has 0 bridgehead atoms. The summed E-state index contributed by atoms with van der Waals surface area (Å²) in [6.45, 7) is 4.63. The molecule has 1 N–H and O–H groups in total. The quantitative estimate of drug-likeness (QED) is 0.507. The first-order valence-electron chi connectivity index (χ1n) is 11.7. The topological polar surface area (TPSA) is 49.0 Å². The minimum atomic E-state index is 0.197. The number of aryl methyl sites for hydroxylation is 1. The van der Waals surface area contributed by atoms with Crippen LogP contribution in [0.25, 0.3) is 0 Å². The van der Waals surface area contributed by atoms with Crippen LogP contribution in [-0.2, 0) is 22.4 Å². The SMILES string of the molecule is c1ccc(CCCNCc2ccc(OCC3CCCO3)cc2OCC2CCCO2)cc1. The molecule has 2 heterocycles. The van der Waals surface area contributed by atoms with Gasteiger partial charge >= 0.3 is 0 Å². The number of rotatable bonds is 12. The van der Waals surface area contributed by atoms with Gasteiger partial charge < -0.3 is 24.3 Å². The third-order valence-electron chi connectivity index (χ3n) is 5.92. The molecule has 4 rings (SSSR count). The molecule has 0 aliphatic carbocycles. The third-order valence-corrected chi connectivity index (χ3v) is 5.92. The highest BCUT2D eigenvalue weighted by molar-refractivity contribution is 5.41. The predicted molar refractivity (Wildman–Crippen MR) is 122 cm³/mol. The summed E-state index contributed by atoms with van der Waals surface area (Å²) in [5.41, 5.74) is 2.54. The number of hydrogen-bond acceptors (Lipinski definition) is 5. The first-order chi connectivity index (χ1) is 15.4. The van der Waals surface area contributed by atoms with E-state index >= 15 is 0 Å². The molecule has 0 amide bonds. The number of hydrogen-bond donors (Lipinski definition) is 1. The monoisotopic (exact) mass is 425 g/mol. The Bertz CT molecular complexity index is 770. The molecule has 2 aliphatic heterocycles. The van der Waals surface area contributed by atoms with Crippen LogP contribution in [0.1, 0.15) is 43.2 Å². The average molecular weight is 426 g/mol. The van der Waals surface area contributed by atoms with Crippen LogP contribution in [0, 0.1) is 0 Å². The van der Waals surface area contributed by atoms with Crippen LogP contribution in [0.4, 0.5) is 0 Å². The van der Waals surface area contributed by atoms with E-state index in [0.29, 0.717) is 13.2 Å². The predicted octanol–water partition coefficient (Wildman–Crippen LogP) is 4.52. The maximum absolute atomic E-state index is 6.18. The lowest BCUT2D eigenvalue weighted by Crippen LogP contribution is -2.20. The lowest BCUT2D eigenvalue weighted by atomic mass is 10.1. The molecule has 0 saturated carbocycles. The zero-order chi connectivity index (χ0) is 21.1. The fourth-order valence-corrected chi connectivity index (χ4v) is 4.11. The molecule has 168 valence electrons. The van der Waals surface area contributed by atoms with Crippen molar-refractivity contribution in [2.45, 2.75) is 57.3 Å². The van der Waals surface area contributed by atoms with Gasteiger partial charge in [0.05, 0.1) is 12.2 Å². The normalized spacial score (nSPS) is 20.8. The summed E-state index contributed by atoms with van der Waals surface area (Å²) < 4.78 is 23.6. The van der Waals surface area contributed by atoms with Gasteiger partial charge in [-0.05, 0) is 56.7 Å². The van der Waals surface area contributed by atoms with Crippen LogP contribution in [0.15, 0.2) is 48.5 Å². The van der Waals surface area contributed by atoms with Crippen LogP contribution in [-0.4, -0.2) is 45.2 Å².